The van der Waals surface area contributed by atoms with E-state index in [0.29, 0.717) is 19.3 Å². The van der Waals surface area contributed by atoms with Crippen molar-refractivity contribution in [1.29, 1.82) is 0 Å². The number of ketones is 1. The third-order valence-electron chi connectivity index (χ3n) is 3.53. The van der Waals surface area contributed by atoms with Crippen molar-refractivity contribution in [3.8, 4) is 0 Å². The second kappa shape index (κ2) is 18.1. The van der Waals surface area contributed by atoms with Crippen LogP contribution in [0.2, 0.25) is 0 Å². The minimum absolute atomic E-state index is 0. The van der Waals surface area contributed by atoms with Crippen LogP contribution in [0.5, 0.6) is 0 Å². The zero-order valence-corrected chi connectivity index (χ0v) is 13.0. The van der Waals surface area contributed by atoms with E-state index in [1.54, 1.807) is 0 Å². The van der Waals surface area contributed by atoms with E-state index in [9.17, 15) is 9.59 Å². The Hall–Kier alpha value is 0.1000. The normalized spacial score (nSPS) is 10.0. The van der Waals surface area contributed by atoms with Gasteiger partial charge in [-0.15, -0.1) is 0 Å². The summed E-state index contributed by atoms with van der Waals surface area (Å²) in [5, 5.41) is 0. The molecule has 0 aromatic carbocycles. The summed E-state index contributed by atoms with van der Waals surface area (Å²) in [6, 6.07) is 0. The van der Waals surface area contributed by atoms with Gasteiger partial charge in [-0.2, -0.15) is 5.90 Å². The van der Waals surface area contributed by atoms with Gasteiger partial charge in [-0.05, 0) is 12.8 Å². The number of unbranched alkanes of at least 4 members (excludes halogenated alkanes) is 8. The molecule has 0 saturated carbocycles. The van der Waals surface area contributed by atoms with Gasteiger partial charge < -0.3 is 4.84 Å². The van der Waals surface area contributed by atoms with Crippen LogP contribution in [-0.4, -0.2) is 41.3 Å². The number of rotatable bonds is 14. The van der Waals surface area contributed by atoms with Crippen LogP contribution in [0, 0.1) is 0 Å². The molecule has 21 heavy (non-hydrogen) atoms. The van der Waals surface area contributed by atoms with Gasteiger partial charge in [0.2, 0.25) is 0 Å². The van der Waals surface area contributed by atoms with E-state index in [1.165, 1.54) is 44.9 Å². The molecule has 0 aliphatic rings. The Balaban J connectivity index is 0. The molecule has 0 aromatic rings. The number of hydrogen-bond acceptors (Lipinski definition) is 4. The molecule has 0 aliphatic carbocycles. The number of carbonyl (C=O) groups is 2. The summed E-state index contributed by atoms with van der Waals surface area (Å²) >= 11 is 0. The van der Waals surface area contributed by atoms with E-state index < -0.39 is 5.97 Å². The first-order chi connectivity index (χ1) is 9.70. The van der Waals surface area contributed by atoms with Gasteiger partial charge in [0.05, 0.1) is 0 Å². The molecule has 0 rings (SSSR count). The summed E-state index contributed by atoms with van der Waals surface area (Å²) in [4.78, 5) is 26.3. The molecule has 0 atom stereocenters. The zero-order valence-electron chi connectivity index (χ0n) is 13.0. The van der Waals surface area contributed by atoms with Gasteiger partial charge in [0.1, 0.15) is 5.78 Å². The molecule has 0 heterocycles. The quantitative estimate of drug-likeness (QED) is 0.303. The van der Waals surface area contributed by atoms with Crippen molar-refractivity contribution in [3.63, 3.8) is 0 Å². The van der Waals surface area contributed by atoms with Gasteiger partial charge in [-0.3, -0.25) is 9.59 Å². The Morgan fingerprint density at radius 2 is 1.24 bits per heavy atom. The summed E-state index contributed by atoms with van der Waals surface area (Å²) in [7, 11) is 0. The van der Waals surface area contributed by atoms with Crippen LogP contribution in [-0.2, 0) is 14.4 Å². The molecule has 0 amide bonds. The van der Waals surface area contributed by atoms with Crippen LogP contribution in [0.3, 0.4) is 0 Å². The van der Waals surface area contributed by atoms with Crippen molar-refractivity contribution in [2.45, 2.75) is 90.4 Å². The molecule has 0 saturated heterocycles. The Morgan fingerprint density at radius 1 is 0.762 bits per heavy atom. The van der Waals surface area contributed by atoms with Crippen LogP contribution >= 0.6 is 0 Å². The summed E-state index contributed by atoms with van der Waals surface area (Å²) in [6.07, 6.45) is 13.2. The van der Waals surface area contributed by atoms with Gasteiger partial charge in [-0.1, -0.05) is 58.3 Å². The van der Waals surface area contributed by atoms with Gasteiger partial charge in [0, 0.05) is 19.3 Å². The van der Waals surface area contributed by atoms with Crippen LogP contribution in [0.15, 0.2) is 0 Å². The van der Waals surface area contributed by atoms with Gasteiger partial charge in [0.25, 0.3) is 0 Å². The van der Waals surface area contributed by atoms with E-state index in [-0.39, 0.29) is 41.8 Å². The van der Waals surface area contributed by atoms with Gasteiger partial charge in [0.15, 0.2) is 0 Å². The van der Waals surface area contributed by atoms with E-state index in [4.69, 9.17) is 5.90 Å². The summed E-state index contributed by atoms with van der Waals surface area (Å²) < 4.78 is 0. The number of Topliss-reactive ketones (excluding diaryl/α,β-unsaturated/α-hetero) is 1. The Morgan fingerprint density at radius 3 is 1.76 bits per heavy atom. The SMILES string of the molecule is CCCCCCCCCCCC(=O)CCCC(=O)ON.[NaH]. The third kappa shape index (κ3) is 18.1. The Bertz CT molecular complexity index is 260. The van der Waals surface area contributed by atoms with Crippen molar-refractivity contribution in [2.24, 2.45) is 5.90 Å². The zero-order chi connectivity index (χ0) is 15.1. The Labute approximate surface area is 151 Å². The monoisotopic (exact) mass is 309 g/mol. The van der Waals surface area contributed by atoms with E-state index >= 15 is 0 Å². The van der Waals surface area contributed by atoms with E-state index in [1.807, 2.05) is 0 Å². The first-order valence-electron chi connectivity index (χ1n) is 8.12. The molecule has 0 fully saturated rings. The second-order valence-electron chi connectivity index (χ2n) is 5.46. The molecule has 0 radical (unpaired) electrons. The molecular weight excluding hydrogens is 277 g/mol. The van der Waals surface area contributed by atoms with Crippen LogP contribution < -0.4 is 5.90 Å². The fourth-order valence-corrected chi connectivity index (χ4v) is 2.25. The number of hydrogen-bond donors (Lipinski definition) is 1. The fourth-order valence-electron chi connectivity index (χ4n) is 2.25. The maximum atomic E-state index is 11.5. The third-order valence-corrected chi connectivity index (χ3v) is 3.53. The van der Waals surface area contributed by atoms with Crippen LogP contribution in [0.4, 0.5) is 0 Å². The second-order valence-corrected chi connectivity index (χ2v) is 5.46. The van der Waals surface area contributed by atoms with Crippen molar-refractivity contribution >= 4 is 41.3 Å². The first-order valence-corrected chi connectivity index (χ1v) is 8.12. The molecule has 0 spiro atoms. The van der Waals surface area contributed by atoms with Crippen molar-refractivity contribution in [2.75, 3.05) is 0 Å². The molecule has 2 N–H and O–H groups in total. The van der Waals surface area contributed by atoms with Crippen molar-refractivity contribution < 1.29 is 14.4 Å². The van der Waals surface area contributed by atoms with Crippen LogP contribution in [0.1, 0.15) is 90.4 Å². The van der Waals surface area contributed by atoms with Crippen LogP contribution in [0.25, 0.3) is 0 Å². The summed E-state index contributed by atoms with van der Waals surface area (Å²) in [5.41, 5.74) is 0. The topological polar surface area (TPSA) is 69.4 Å². The molecule has 5 heteroatoms. The Kier molecular flexibility index (Phi) is 20.2. The molecular formula is C16H32NNaO3. The maximum absolute atomic E-state index is 11.5. The predicted molar refractivity (Wildman–Crippen MR) is 88.1 cm³/mol. The standard InChI is InChI=1S/C16H31NO3.Na.H/c1-2-3-4-5-6-7-8-9-10-12-15(18)13-11-14-16(19)20-17;;/h2-14,17H2,1H3;;. The predicted octanol–water partition coefficient (Wildman–Crippen LogP) is 3.42. The van der Waals surface area contributed by atoms with Gasteiger partial charge >= 0.3 is 35.5 Å². The number of carbonyl (C=O) groups excluding carboxylic acids is 2. The van der Waals surface area contributed by atoms with E-state index in [2.05, 4.69) is 11.8 Å². The molecule has 120 valence electrons. The molecule has 0 unspecified atom stereocenters. The average Bonchev–Trinajstić information content (AvgIpc) is 2.45. The fraction of sp³-hybridized carbons (Fsp3) is 0.875. The van der Waals surface area contributed by atoms with Crippen molar-refractivity contribution in [3.05, 3.63) is 0 Å². The average molecular weight is 309 g/mol. The summed E-state index contributed by atoms with van der Waals surface area (Å²) in [5.74, 6) is 4.52. The molecule has 0 aliphatic heterocycles. The van der Waals surface area contributed by atoms with E-state index in [0.717, 1.165) is 12.8 Å². The summed E-state index contributed by atoms with van der Waals surface area (Å²) in [6.45, 7) is 2.23. The van der Waals surface area contributed by atoms with Gasteiger partial charge in [-0.25, -0.2) is 0 Å². The van der Waals surface area contributed by atoms with Crippen molar-refractivity contribution in [1.82, 2.24) is 0 Å². The number of nitrogens with two attached hydrogens (primary N) is 1. The molecule has 4 nitrogen and oxygen atoms in total. The minimum atomic E-state index is -0.444. The first kappa shape index (κ1) is 23.4. The molecule has 0 bridgehead atoms. The molecule has 0 aromatic heterocycles.